The van der Waals surface area contributed by atoms with E-state index in [1.165, 1.54) is 0 Å². The molecule has 1 aliphatic heterocycles. The van der Waals surface area contributed by atoms with Gasteiger partial charge in [0.05, 0.1) is 6.42 Å². The van der Waals surface area contributed by atoms with Crippen molar-refractivity contribution in [3.63, 3.8) is 0 Å². The van der Waals surface area contributed by atoms with Crippen molar-refractivity contribution in [2.45, 2.75) is 25.4 Å². The molecule has 4 nitrogen and oxygen atoms in total. The first kappa shape index (κ1) is 10.5. The van der Waals surface area contributed by atoms with Gasteiger partial charge in [-0.1, -0.05) is 0 Å². The Hall–Kier alpha value is -0.610. The minimum absolute atomic E-state index is 0.159. The van der Waals surface area contributed by atoms with Crippen molar-refractivity contribution in [1.82, 2.24) is 9.80 Å². The van der Waals surface area contributed by atoms with Crippen LogP contribution in [0.2, 0.25) is 0 Å². The van der Waals surface area contributed by atoms with Gasteiger partial charge in [-0.25, -0.2) is 0 Å². The maximum absolute atomic E-state index is 10.6. The quantitative estimate of drug-likeness (QED) is 0.664. The first-order chi connectivity index (χ1) is 6.00. The number of nitrogens with zero attached hydrogens (tertiary/aromatic N) is 2. The molecule has 1 fully saturated rings. The molecule has 0 aromatic heterocycles. The summed E-state index contributed by atoms with van der Waals surface area (Å²) in [4.78, 5) is 14.9. The minimum Gasteiger partial charge on any atom is -0.481 e. The molecule has 2 atom stereocenters. The van der Waals surface area contributed by atoms with E-state index in [0.717, 1.165) is 13.1 Å². The molecule has 0 spiro atoms. The molecule has 1 rings (SSSR count). The minimum atomic E-state index is -0.709. The monoisotopic (exact) mass is 186 g/mol. The van der Waals surface area contributed by atoms with Gasteiger partial charge in [-0.05, 0) is 21.0 Å². The van der Waals surface area contributed by atoms with Gasteiger partial charge in [0.25, 0.3) is 0 Å². The predicted octanol–water partition coefficient (Wildman–Crippen LogP) is 0.0954. The number of hydrogen-bond acceptors (Lipinski definition) is 3. The van der Waals surface area contributed by atoms with Crippen molar-refractivity contribution in [1.29, 1.82) is 0 Å². The van der Waals surface area contributed by atoms with E-state index in [4.69, 9.17) is 5.11 Å². The third kappa shape index (κ3) is 2.67. The molecule has 0 radical (unpaired) electrons. The zero-order valence-corrected chi connectivity index (χ0v) is 8.53. The largest absolute Gasteiger partial charge is 0.481 e. The lowest BCUT2D eigenvalue weighted by molar-refractivity contribution is -0.139. The summed E-state index contributed by atoms with van der Waals surface area (Å²) in [5.41, 5.74) is 0. The summed E-state index contributed by atoms with van der Waals surface area (Å²) in [6.45, 7) is 4.00. The molecular weight excluding hydrogens is 168 g/mol. The van der Waals surface area contributed by atoms with E-state index in [1.54, 1.807) is 0 Å². The summed E-state index contributed by atoms with van der Waals surface area (Å²) in [6, 6.07) is 0.606. The smallest absolute Gasteiger partial charge is 0.304 e. The van der Waals surface area contributed by atoms with Crippen LogP contribution >= 0.6 is 0 Å². The molecule has 4 heteroatoms. The van der Waals surface area contributed by atoms with Gasteiger partial charge < -0.3 is 10.0 Å². The highest BCUT2D eigenvalue weighted by Gasteiger charge is 2.28. The molecule has 0 aromatic carbocycles. The number of aliphatic carboxylic acids is 1. The molecule has 0 saturated carbocycles. The van der Waals surface area contributed by atoms with E-state index in [1.807, 2.05) is 14.1 Å². The van der Waals surface area contributed by atoms with E-state index in [2.05, 4.69) is 16.7 Å². The summed E-state index contributed by atoms with van der Waals surface area (Å²) < 4.78 is 0. The first-order valence-corrected chi connectivity index (χ1v) is 4.63. The van der Waals surface area contributed by atoms with Crippen molar-refractivity contribution in [3.8, 4) is 0 Å². The van der Waals surface area contributed by atoms with E-state index < -0.39 is 5.97 Å². The fourth-order valence-corrected chi connectivity index (χ4v) is 1.91. The second kappa shape index (κ2) is 4.07. The second-order valence-corrected chi connectivity index (χ2v) is 3.99. The highest BCUT2D eigenvalue weighted by Crippen LogP contribution is 2.14. The maximum atomic E-state index is 10.6. The molecule has 1 aliphatic rings. The summed E-state index contributed by atoms with van der Waals surface area (Å²) in [7, 11) is 4.05. The predicted molar refractivity (Wildman–Crippen MR) is 50.8 cm³/mol. The van der Waals surface area contributed by atoms with Crippen LogP contribution in [0.4, 0.5) is 0 Å². The highest BCUT2D eigenvalue weighted by atomic mass is 16.4. The lowest BCUT2D eigenvalue weighted by Gasteiger charge is -2.41. The molecule has 0 aromatic rings. The van der Waals surface area contributed by atoms with E-state index >= 15 is 0 Å². The van der Waals surface area contributed by atoms with Crippen molar-refractivity contribution in [2.75, 3.05) is 27.2 Å². The van der Waals surface area contributed by atoms with E-state index in [-0.39, 0.29) is 12.5 Å². The van der Waals surface area contributed by atoms with Gasteiger partial charge in [-0.3, -0.25) is 9.69 Å². The SMILES string of the molecule is C[C@@H]1CN(C)C[C@@H](CC(=O)O)N1C. The Labute approximate surface area is 79.1 Å². The molecular formula is C9H18N2O2. The summed E-state index contributed by atoms with van der Waals surface area (Å²) >= 11 is 0. The van der Waals surface area contributed by atoms with Crippen molar-refractivity contribution < 1.29 is 9.90 Å². The summed E-state index contributed by atoms with van der Waals surface area (Å²) in [5, 5.41) is 8.71. The second-order valence-electron chi connectivity index (χ2n) is 3.99. The molecule has 0 unspecified atom stereocenters. The zero-order chi connectivity index (χ0) is 10.0. The van der Waals surface area contributed by atoms with Crippen LogP contribution in [0.3, 0.4) is 0 Å². The molecule has 0 aliphatic carbocycles. The fourth-order valence-electron chi connectivity index (χ4n) is 1.91. The third-order valence-corrected chi connectivity index (χ3v) is 2.78. The van der Waals surface area contributed by atoms with Crippen LogP contribution in [-0.4, -0.2) is 60.1 Å². The Balaban J connectivity index is 2.55. The number of carboxylic acids is 1. The van der Waals surface area contributed by atoms with Gasteiger partial charge in [0.1, 0.15) is 0 Å². The Morgan fingerprint density at radius 2 is 2.08 bits per heavy atom. The van der Waals surface area contributed by atoms with Gasteiger partial charge in [0.2, 0.25) is 0 Å². The Bertz CT molecular complexity index is 196. The fraction of sp³-hybridized carbons (Fsp3) is 0.889. The van der Waals surface area contributed by atoms with Crippen LogP contribution in [0.15, 0.2) is 0 Å². The standard InChI is InChI=1S/C9H18N2O2/c1-7-5-10(2)6-8(11(7)3)4-9(12)13/h7-8H,4-6H2,1-3H3,(H,12,13)/t7-,8-/m1/s1. The molecule has 76 valence electrons. The number of carboxylic acid groups (broad SMARTS) is 1. The van der Waals surface area contributed by atoms with Crippen molar-refractivity contribution in [3.05, 3.63) is 0 Å². The van der Waals surface area contributed by atoms with Crippen LogP contribution in [0.25, 0.3) is 0 Å². The van der Waals surface area contributed by atoms with Gasteiger partial charge in [-0.15, -0.1) is 0 Å². The van der Waals surface area contributed by atoms with Gasteiger partial charge in [-0.2, -0.15) is 0 Å². The van der Waals surface area contributed by atoms with Crippen LogP contribution in [-0.2, 0) is 4.79 Å². The van der Waals surface area contributed by atoms with Gasteiger partial charge >= 0.3 is 5.97 Å². The lowest BCUT2D eigenvalue weighted by atomic mass is 10.1. The molecule has 13 heavy (non-hydrogen) atoms. The van der Waals surface area contributed by atoms with Crippen molar-refractivity contribution >= 4 is 5.97 Å². The molecule has 0 bridgehead atoms. The number of carbonyl (C=O) groups is 1. The molecule has 1 heterocycles. The average molecular weight is 186 g/mol. The van der Waals surface area contributed by atoms with E-state index in [9.17, 15) is 4.79 Å². The Morgan fingerprint density at radius 3 is 2.62 bits per heavy atom. The number of hydrogen-bond donors (Lipinski definition) is 1. The molecule has 0 amide bonds. The normalized spacial score (nSPS) is 31.9. The van der Waals surface area contributed by atoms with Crippen LogP contribution in [0.5, 0.6) is 0 Å². The lowest BCUT2D eigenvalue weighted by Crippen LogP contribution is -2.55. The molecule has 1 saturated heterocycles. The number of piperazine rings is 1. The van der Waals surface area contributed by atoms with Gasteiger partial charge in [0, 0.05) is 25.2 Å². The Morgan fingerprint density at radius 1 is 1.46 bits per heavy atom. The summed E-state index contributed by atoms with van der Waals surface area (Å²) in [5.74, 6) is -0.709. The molecule has 1 N–H and O–H groups in total. The summed E-state index contributed by atoms with van der Waals surface area (Å²) in [6.07, 6.45) is 0.241. The average Bonchev–Trinajstić information content (AvgIpc) is 1.98. The van der Waals surface area contributed by atoms with Crippen LogP contribution < -0.4 is 0 Å². The topological polar surface area (TPSA) is 43.8 Å². The number of rotatable bonds is 2. The van der Waals surface area contributed by atoms with Gasteiger partial charge in [0.15, 0.2) is 0 Å². The maximum Gasteiger partial charge on any atom is 0.304 e. The van der Waals surface area contributed by atoms with Crippen molar-refractivity contribution in [2.24, 2.45) is 0 Å². The van der Waals surface area contributed by atoms with Crippen LogP contribution in [0.1, 0.15) is 13.3 Å². The van der Waals surface area contributed by atoms with Crippen LogP contribution in [0, 0.1) is 0 Å². The number of likely N-dealkylation sites (N-methyl/N-ethyl adjacent to an activating group) is 2. The highest BCUT2D eigenvalue weighted by molar-refractivity contribution is 5.67. The third-order valence-electron chi connectivity index (χ3n) is 2.78. The van der Waals surface area contributed by atoms with E-state index in [0.29, 0.717) is 6.04 Å². The zero-order valence-electron chi connectivity index (χ0n) is 8.53. The first-order valence-electron chi connectivity index (χ1n) is 4.63. The Kier molecular flexibility index (Phi) is 3.27.